The van der Waals surface area contributed by atoms with E-state index in [1.54, 1.807) is 41.5 Å². The summed E-state index contributed by atoms with van der Waals surface area (Å²) in [4.78, 5) is 39.6. The molecule has 0 saturated heterocycles. The molecule has 2 heterocycles. The number of ether oxygens (including phenoxy) is 4. The fourth-order valence-corrected chi connectivity index (χ4v) is 12.8. The Morgan fingerprint density at radius 3 is 1.44 bits per heavy atom. The first-order valence-electron chi connectivity index (χ1n) is 29.2. The molecule has 6 aliphatic carbocycles. The minimum absolute atomic E-state index is 0.124. The van der Waals surface area contributed by atoms with Crippen molar-refractivity contribution in [2.75, 3.05) is 0 Å². The van der Waals surface area contributed by atoms with Crippen LogP contribution in [0.5, 0.6) is 23.3 Å². The van der Waals surface area contributed by atoms with Crippen molar-refractivity contribution in [1.29, 1.82) is 0 Å². The molecular weight excluding hydrogens is 1120 g/mol. The molecule has 6 aromatic rings. The number of pyridine rings is 2. The summed E-state index contributed by atoms with van der Waals surface area (Å²) in [5.41, 5.74) is 12.5. The zero-order valence-electron chi connectivity index (χ0n) is 50.6. The number of hydrogen-bond acceptors (Lipinski definition) is 10. The molecule has 0 unspecified atom stereocenters. The van der Waals surface area contributed by atoms with Crippen molar-refractivity contribution in [2.45, 2.75) is 181 Å². The van der Waals surface area contributed by atoms with Gasteiger partial charge in [-0.05, 0) is 203 Å². The average molecular weight is 1190 g/mol. The molecule has 14 heteroatoms. The van der Waals surface area contributed by atoms with Gasteiger partial charge in [0.05, 0.1) is 36.9 Å². The number of fused-ring (bicyclic) bond motifs is 6. The number of aryl methyl sites for hydroxylation is 4. The number of benzene rings is 4. The molecule has 4 aromatic carbocycles. The highest BCUT2D eigenvalue weighted by molar-refractivity contribution is 9.10. The van der Waals surface area contributed by atoms with E-state index in [4.69, 9.17) is 50.2 Å². The van der Waals surface area contributed by atoms with E-state index in [-0.39, 0.29) is 35.1 Å². The van der Waals surface area contributed by atoms with Gasteiger partial charge >= 0.3 is 0 Å². The Hall–Kier alpha value is -6.84. The van der Waals surface area contributed by atoms with Gasteiger partial charge in [-0.25, -0.2) is 23.1 Å². The van der Waals surface area contributed by atoms with Crippen LogP contribution in [0.3, 0.4) is 0 Å². The van der Waals surface area contributed by atoms with E-state index in [9.17, 15) is 9.59 Å². The van der Waals surface area contributed by atoms with Crippen LogP contribution < -0.4 is 24.4 Å². The van der Waals surface area contributed by atoms with Crippen LogP contribution in [-0.4, -0.2) is 74.1 Å². The van der Waals surface area contributed by atoms with Crippen LogP contribution >= 0.6 is 15.9 Å². The number of Topliss-reactive ketones (excluding diaryl/α,β-unsaturated/α-hetero) is 2. The number of nitrogens with zero attached hydrogens (tertiary/aromatic N) is 4. The van der Waals surface area contributed by atoms with Crippen LogP contribution in [0.15, 0.2) is 102 Å². The van der Waals surface area contributed by atoms with E-state index in [0.717, 1.165) is 76.6 Å². The lowest BCUT2D eigenvalue weighted by atomic mass is 9.76. The third kappa shape index (κ3) is 13.9. The van der Waals surface area contributed by atoms with Crippen LogP contribution in [0, 0.1) is 64.5 Å². The van der Waals surface area contributed by atoms with Crippen LogP contribution in [0.1, 0.15) is 149 Å². The van der Waals surface area contributed by atoms with Gasteiger partial charge in [-0.3, -0.25) is 9.59 Å². The van der Waals surface area contributed by atoms with E-state index in [1.807, 2.05) is 68.7 Å². The Bertz CT molecular complexity index is 3500. The lowest BCUT2D eigenvalue weighted by Gasteiger charge is -2.35. The smallest absolute Gasteiger partial charge is 0.237 e. The van der Waals surface area contributed by atoms with Crippen molar-refractivity contribution in [3.63, 3.8) is 0 Å². The summed E-state index contributed by atoms with van der Waals surface area (Å²) < 4.78 is 25.1. The summed E-state index contributed by atoms with van der Waals surface area (Å²) in [5, 5.41) is 18.2. The van der Waals surface area contributed by atoms with Gasteiger partial charge < -0.3 is 38.9 Å². The average Bonchev–Trinajstić information content (AvgIpc) is 2.15. The van der Waals surface area contributed by atoms with Crippen LogP contribution in [0.2, 0.25) is 0 Å². The Morgan fingerprint density at radius 1 is 0.643 bits per heavy atom. The van der Waals surface area contributed by atoms with E-state index >= 15 is 0 Å². The second kappa shape index (κ2) is 24.3. The van der Waals surface area contributed by atoms with Crippen molar-refractivity contribution < 1.29 is 38.7 Å². The number of hydrogen-bond donors (Lipinski definition) is 2. The second-order valence-electron chi connectivity index (χ2n) is 26.0. The Morgan fingerprint density at radius 2 is 1.05 bits per heavy atom. The summed E-state index contributed by atoms with van der Waals surface area (Å²) in [7, 11) is 5.76. The standard InChI is InChI=1S/C32H32N2O3.C18H16BNO2.C14H16BrNO.C6H14O2/c1-18-9-24(37-25-14-32(4,15-25)33-5)10-19(2)29(18)22-8-6-7-21(11-22)17-36-28-13-23-12-26-30(20(3)35)31(26)27(23)16-34-28;1-10(21)17-14-6-12-7-16(20-8-15(12)18(14)17)22-9-11-3-2-4-13(19)5-11;1-9-5-11(6-10(2)13(9)15)17-12-7-14(3,8-12)16-4;1-5(2,7)6(3,4)8/h6-11,13,16,25-26,30-31H,12,14-15,17H2,1-4H3;2-5,7-8,14,17-18H,6,9H2,1H3;5-6,12H,7-8H2,1-3H3;7-8H,1-4H3/t25?,26-,30-,31+,32?;14-,17-,18+;;/m00../s1. The van der Waals surface area contributed by atoms with Crippen LogP contribution in [0.25, 0.3) is 20.8 Å². The molecule has 0 bridgehead atoms. The SMILES string of the molecule is CC(C)(O)C(C)(C)O.[B]c1cccc(COc2cc3c(cn2)[C@H]2[C@@H](C3)[C@@H]2C(C)=O)c1.[C-]#[N+]C1(C)CC(Oc2cc(C)c(-c3cccc(COc4cc5c(cn4)[C@H]4[C@@H](C5)[C@@H]4C(C)=O)c3)c(C)c2)C1.[C-]#[N+]C1(C)CC(Oc2cc(C)c(Br)c(C)c2)C1. The van der Waals surface area contributed by atoms with Crippen molar-refractivity contribution in [3.8, 4) is 34.4 Å². The molecule has 6 atom stereocenters. The molecule has 436 valence electrons. The molecule has 2 radical (unpaired) electrons. The van der Waals surface area contributed by atoms with Gasteiger partial charge in [-0.1, -0.05) is 63.9 Å². The molecule has 0 amide bonds. The minimum Gasteiger partial charge on any atom is -0.490 e. The predicted octanol–water partition coefficient (Wildman–Crippen LogP) is 13.4. The maximum atomic E-state index is 11.8. The van der Waals surface area contributed by atoms with Gasteiger partial charge in [0, 0.05) is 54.7 Å². The van der Waals surface area contributed by atoms with Gasteiger partial charge in [0.1, 0.15) is 56.3 Å². The predicted molar refractivity (Wildman–Crippen MR) is 332 cm³/mol. The number of carbonyl (C=O) groups excluding carboxylic acids is 2. The number of aromatic nitrogens is 2. The van der Waals surface area contributed by atoms with E-state index in [2.05, 4.69) is 106 Å². The highest BCUT2D eigenvalue weighted by Crippen LogP contribution is 2.63. The molecule has 4 saturated carbocycles. The highest BCUT2D eigenvalue weighted by Gasteiger charge is 2.59. The Labute approximate surface area is 506 Å². The van der Waals surface area contributed by atoms with Crippen molar-refractivity contribution in [3.05, 3.63) is 180 Å². The van der Waals surface area contributed by atoms with Crippen LogP contribution in [0.4, 0.5) is 0 Å². The zero-order chi connectivity index (χ0) is 60.8. The first-order chi connectivity index (χ1) is 39.6. The summed E-state index contributed by atoms with van der Waals surface area (Å²) in [6.07, 6.45) is 9.31. The van der Waals surface area contributed by atoms with Crippen molar-refractivity contribution in [2.24, 2.45) is 23.7 Å². The zero-order valence-corrected chi connectivity index (χ0v) is 52.2. The number of aliphatic hydroxyl groups is 2. The normalized spacial score (nSPS) is 25.1. The molecule has 6 aliphatic rings. The van der Waals surface area contributed by atoms with Gasteiger partial charge in [-0.15, -0.1) is 0 Å². The molecule has 12 rings (SSSR count). The Kier molecular flexibility index (Phi) is 17.8. The first-order valence-corrected chi connectivity index (χ1v) is 30.0. The number of halogens is 1. The molecule has 4 fully saturated rings. The summed E-state index contributed by atoms with van der Waals surface area (Å²) >= 11 is 3.54. The largest absolute Gasteiger partial charge is 0.490 e. The monoisotopic (exact) mass is 1190 g/mol. The molecule has 0 aliphatic heterocycles. The second-order valence-corrected chi connectivity index (χ2v) is 26.8. The van der Waals surface area contributed by atoms with E-state index in [1.165, 1.54) is 50.1 Å². The highest BCUT2D eigenvalue weighted by atomic mass is 79.9. The Balaban J connectivity index is 0.000000152. The van der Waals surface area contributed by atoms with Crippen molar-refractivity contribution in [1.82, 2.24) is 9.97 Å². The lowest BCUT2D eigenvalue weighted by molar-refractivity contribution is -0.119. The van der Waals surface area contributed by atoms with Gasteiger partial charge in [0.25, 0.3) is 0 Å². The maximum absolute atomic E-state index is 11.8. The molecule has 2 N–H and O–H groups in total. The topological polar surface area (TPSA) is 146 Å². The number of ketones is 2. The van der Waals surface area contributed by atoms with Gasteiger partial charge in [0.15, 0.2) is 0 Å². The van der Waals surface area contributed by atoms with E-state index in [0.29, 0.717) is 60.2 Å². The van der Waals surface area contributed by atoms with Crippen LogP contribution in [-0.2, 0) is 35.6 Å². The summed E-state index contributed by atoms with van der Waals surface area (Å²) in [5.74, 6) is 5.87. The molecule has 12 nitrogen and oxygen atoms in total. The molecule has 2 aromatic heterocycles. The summed E-state index contributed by atoms with van der Waals surface area (Å²) in [6, 6.07) is 28.5. The fourth-order valence-electron chi connectivity index (χ4n) is 12.6. The number of rotatable bonds is 14. The lowest BCUT2D eigenvalue weighted by Crippen LogP contribution is -2.45. The fraction of sp³-hybridized carbons (Fsp3) is 0.457. The summed E-state index contributed by atoms with van der Waals surface area (Å²) in [6.45, 7) is 37.4. The quantitative estimate of drug-likeness (QED) is 0.0798. The number of carbonyl (C=O) groups is 2. The van der Waals surface area contributed by atoms with Gasteiger partial charge in [-0.2, -0.15) is 0 Å². The molecular formula is C70H78BBrN4O8. The first kappa shape index (κ1) is 61.7. The maximum Gasteiger partial charge on any atom is 0.237 e. The van der Waals surface area contributed by atoms with Gasteiger partial charge in [0.2, 0.25) is 22.8 Å². The molecule has 84 heavy (non-hydrogen) atoms. The third-order valence-electron chi connectivity index (χ3n) is 18.1. The molecule has 0 spiro atoms. The third-order valence-corrected chi connectivity index (χ3v) is 19.3. The minimum atomic E-state index is -1.01. The van der Waals surface area contributed by atoms with Crippen molar-refractivity contribution >= 4 is 40.8 Å². The van der Waals surface area contributed by atoms with E-state index < -0.39 is 11.2 Å².